The molecule has 15 heavy (non-hydrogen) atoms. The van der Waals surface area contributed by atoms with Gasteiger partial charge in [0.1, 0.15) is 10.9 Å². The molecule has 0 aliphatic carbocycles. The van der Waals surface area contributed by atoms with E-state index in [0.717, 1.165) is 0 Å². The summed E-state index contributed by atoms with van der Waals surface area (Å²) in [6, 6.07) is 3.40. The zero-order valence-corrected chi connectivity index (χ0v) is 9.14. The Bertz CT molecular complexity index is 579. The normalized spacial score (nSPS) is 10.5. The van der Waals surface area contributed by atoms with Crippen LogP contribution in [0.4, 0.5) is 0 Å². The standard InChI is InChI=1S/C9H6BrN3O2/c10-7-2-1-6-8(12-7)9(15)13(3-4-14)5-11-6/h1-2,4-5H,3H2. The van der Waals surface area contributed by atoms with E-state index >= 15 is 0 Å². The van der Waals surface area contributed by atoms with Crippen molar-refractivity contribution in [2.24, 2.45) is 0 Å². The number of pyridine rings is 1. The predicted octanol–water partition coefficient (Wildman–Crippen LogP) is 0.753. The number of aldehydes is 1. The Labute approximate surface area is 92.9 Å². The summed E-state index contributed by atoms with van der Waals surface area (Å²) in [4.78, 5) is 30.1. The molecule has 0 spiro atoms. The van der Waals surface area contributed by atoms with Crippen LogP contribution in [-0.2, 0) is 11.3 Å². The molecule has 76 valence electrons. The van der Waals surface area contributed by atoms with E-state index in [0.29, 0.717) is 16.4 Å². The van der Waals surface area contributed by atoms with Crippen molar-refractivity contribution in [3.05, 3.63) is 33.4 Å². The largest absolute Gasteiger partial charge is 0.301 e. The van der Waals surface area contributed by atoms with Crippen LogP contribution in [0.3, 0.4) is 0 Å². The predicted molar refractivity (Wildman–Crippen MR) is 57.6 cm³/mol. The van der Waals surface area contributed by atoms with Crippen LogP contribution in [0.25, 0.3) is 11.0 Å². The van der Waals surface area contributed by atoms with Gasteiger partial charge in [0.2, 0.25) is 0 Å². The molecule has 6 heteroatoms. The Kier molecular flexibility index (Phi) is 2.59. The number of carbonyl (C=O) groups excluding carboxylic acids is 1. The van der Waals surface area contributed by atoms with Crippen molar-refractivity contribution < 1.29 is 4.79 Å². The summed E-state index contributed by atoms with van der Waals surface area (Å²) in [6.45, 7) is -0.00400. The summed E-state index contributed by atoms with van der Waals surface area (Å²) in [6.07, 6.45) is 1.99. The zero-order chi connectivity index (χ0) is 10.8. The van der Waals surface area contributed by atoms with Crippen LogP contribution in [0.1, 0.15) is 0 Å². The molecule has 0 saturated carbocycles. The molecule has 2 rings (SSSR count). The molecule has 0 bridgehead atoms. The van der Waals surface area contributed by atoms with Crippen LogP contribution < -0.4 is 5.56 Å². The van der Waals surface area contributed by atoms with Crippen LogP contribution in [0.5, 0.6) is 0 Å². The molecule has 0 N–H and O–H groups in total. The molecule has 0 aliphatic heterocycles. The molecule has 0 unspecified atom stereocenters. The maximum absolute atomic E-state index is 11.8. The van der Waals surface area contributed by atoms with Gasteiger partial charge in [0.15, 0.2) is 5.52 Å². The van der Waals surface area contributed by atoms with E-state index in [4.69, 9.17) is 0 Å². The van der Waals surface area contributed by atoms with Gasteiger partial charge in [-0.1, -0.05) is 0 Å². The monoisotopic (exact) mass is 267 g/mol. The minimum atomic E-state index is -0.312. The molecular weight excluding hydrogens is 262 g/mol. The fourth-order valence-electron chi connectivity index (χ4n) is 1.22. The Morgan fingerprint density at radius 3 is 3.00 bits per heavy atom. The lowest BCUT2D eigenvalue weighted by molar-refractivity contribution is -0.108. The molecule has 0 fully saturated rings. The third-order valence-corrected chi connectivity index (χ3v) is 2.35. The third-order valence-electron chi connectivity index (χ3n) is 1.91. The lowest BCUT2D eigenvalue weighted by Gasteiger charge is -2.01. The molecule has 0 saturated heterocycles. The molecule has 0 radical (unpaired) electrons. The van der Waals surface area contributed by atoms with Gasteiger partial charge < -0.3 is 4.79 Å². The van der Waals surface area contributed by atoms with Crippen LogP contribution in [-0.4, -0.2) is 20.8 Å². The van der Waals surface area contributed by atoms with Gasteiger partial charge >= 0.3 is 0 Å². The number of halogens is 1. The topological polar surface area (TPSA) is 64.8 Å². The maximum Gasteiger partial charge on any atom is 0.280 e. The minimum Gasteiger partial charge on any atom is -0.301 e. The van der Waals surface area contributed by atoms with E-state index in [-0.39, 0.29) is 17.6 Å². The Balaban J connectivity index is 2.76. The molecule has 0 amide bonds. The van der Waals surface area contributed by atoms with Gasteiger partial charge in [-0.3, -0.25) is 9.36 Å². The van der Waals surface area contributed by atoms with Gasteiger partial charge in [0.05, 0.1) is 18.4 Å². The van der Waals surface area contributed by atoms with Crippen molar-refractivity contribution in [1.82, 2.24) is 14.5 Å². The summed E-state index contributed by atoms with van der Waals surface area (Å²) in [5.74, 6) is 0. The molecule has 0 aromatic carbocycles. The molecule has 0 aliphatic rings. The second-order valence-electron chi connectivity index (χ2n) is 2.87. The van der Waals surface area contributed by atoms with Crippen molar-refractivity contribution in [1.29, 1.82) is 0 Å². The summed E-state index contributed by atoms with van der Waals surface area (Å²) >= 11 is 3.17. The third kappa shape index (κ3) is 1.80. The van der Waals surface area contributed by atoms with Gasteiger partial charge in [-0.15, -0.1) is 0 Å². The van der Waals surface area contributed by atoms with E-state index in [1.165, 1.54) is 10.9 Å². The van der Waals surface area contributed by atoms with E-state index in [1.54, 1.807) is 12.1 Å². The Hall–Kier alpha value is -1.56. The summed E-state index contributed by atoms with van der Waals surface area (Å²) in [5, 5.41) is 0. The number of nitrogens with zero attached hydrogens (tertiary/aromatic N) is 3. The van der Waals surface area contributed by atoms with Crippen molar-refractivity contribution in [2.75, 3.05) is 0 Å². The van der Waals surface area contributed by atoms with Crippen molar-refractivity contribution in [2.45, 2.75) is 6.54 Å². The van der Waals surface area contributed by atoms with E-state index < -0.39 is 0 Å². The quantitative estimate of drug-likeness (QED) is 0.595. The maximum atomic E-state index is 11.8. The van der Waals surface area contributed by atoms with Crippen LogP contribution in [0.15, 0.2) is 27.9 Å². The summed E-state index contributed by atoms with van der Waals surface area (Å²) < 4.78 is 1.78. The SMILES string of the molecule is O=CCn1cnc2ccc(Br)nc2c1=O. The van der Waals surface area contributed by atoms with Crippen LogP contribution in [0, 0.1) is 0 Å². The second-order valence-corrected chi connectivity index (χ2v) is 3.68. The average Bonchev–Trinajstić information content (AvgIpc) is 2.23. The van der Waals surface area contributed by atoms with E-state index in [1.807, 2.05) is 0 Å². The first kappa shape index (κ1) is 9.97. The smallest absolute Gasteiger partial charge is 0.280 e. The number of aromatic nitrogens is 3. The average molecular weight is 268 g/mol. The van der Waals surface area contributed by atoms with E-state index in [9.17, 15) is 9.59 Å². The van der Waals surface area contributed by atoms with Crippen LogP contribution in [0.2, 0.25) is 0 Å². The zero-order valence-electron chi connectivity index (χ0n) is 7.55. The summed E-state index contributed by atoms with van der Waals surface area (Å²) in [7, 11) is 0. The minimum absolute atomic E-state index is 0.00400. The number of rotatable bonds is 2. The highest BCUT2D eigenvalue weighted by atomic mass is 79.9. The van der Waals surface area contributed by atoms with Crippen molar-refractivity contribution in [3.8, 4) is 0 Å². The lowest BCUT2D eigenvalue weighted by Crippen LogP contribution is -2.22. The molecule has 0 atom stereocenters. The molecule has 2 heterocycles. The Morgan fingerprint density at radius 2 is 2.27 bits per heavy atom. The van der Waals surface area contributed by atoms with Gasteiger partial charge in [0.25, 0.3) is 5.56 Å². The molecule has 2 aromatic heterocycles. The molecular formula is C9H6BrN3O2. The van der Waals surface area contributed by atoms with Crippen molar-refractivity contribution in [3.63, 3.8) is 0 Å². The van der Waals surface area contributed by atoms with Gasteiger partial charge in [-0.25, -0.2) is 9.97 Å². The van der Waals surface area contributed by atoms with Gasteiger partial charge in [-0.05, 0) is 28.1 Å². The first-order valence-electron chi connectivity index (χ1n) is 4.17. The fourth-order valence-corrected chi connectivity index (χ4v) is 1.53. The van der Waals surface area contributed by atoms with Crippen LogP contribution >= 0.6 is 15.9 Å². The number of fused-ring (bicyclic) bond motifs is 1. The number of hydrogen-bond acceptors (Lipinski definition) is 4. The first-order chi connectivity index (χ1) is 7.22. The Morgan fingerprint density at radius 1 is 1.47 bits per heavy atom. The number of hydrogen-bond donors (Lipinski definition) is 0. The van der Waals surface area contributed by atoms with Gasteiger partial charge in [-0.2, -0.15) is 0 Å². The highest BCUT2D eigenvalue weighted by Gasteiger charge is 2.05. The number of carbonyl (C=O) groups is 1. The van der Waals surface area contributed by atoms with E-state index in [2.05, 4.69) is 25.9 Å². The highest BCUT2D eigenvalue weighted by Crippen LogP contribution is 2.09. The fraction of sp³-hybridized carbons (Fsp3) is 0.111. The first-order valence-corrected chi connectivity index (χ1v) is 4.97. The highest BCUT2D eigenvalue weighted by molar-refractivity contribution is 9.10. The summed E-state index contributed by atoms with van der Waals surface area (Å²) in [5.41, 5.74) is 0.465. The van der Waals surface area contributed by atoms with Gasteiger partial charge in [0, 0.05) is 0 Å². The van der Waals surface area contributed by atoms with Crippen molar-refractivity contribution >= 4 is 33.2 Å². The molecule has 2 aromatic rings. The second kappa shape index (κ2) is 3.90. The lowest BCUT2D eigenvalue weighted by atomic mass is 10.3. The molecule has 5 nitrogen and oxygen atoms in total.